The van der Waals surface area contributed by atoms with Gasteiger partial charge in [0, 0.05) is 32.0 Å². The van der Waals surface area contributed by atoms with Crippen molar-refractivity contribution in [3.05, 3.63) is 70.9 Å². The van der Waals surface area contributed by atoms with Gasteiger partial charge in [0.05, 0.1) is 22.5 Å². The minimum absolute atomic E-state index is 0.0805. The maximum Gasteiger partial charge on any atom is 0.268 e. The van der Waals surface area contributed by atoms with E-state index in [-0.39, 0.29) is 17.9 Å². The molecule has 2 amide bonds. The molecule has 0 saturated heterocycles. The Morgan fingerprint density at radius 2 is 2.08 bits per heavy atom. The largest absolute Gasteiger partial charge is 0.348 e. The summed E-state index contributed by atoms with van der Waals surface area (Å²) in [4.78, 5) is 31.5. The third-order valence-electron chi connectivity index (χ3n) is 3.97. The molecule has 3 aromatic rings. The van der Waals surface area contributed by atoms with Gasteiger partial charge in [0.15, 0.2) is 0 Å². The zero-order valence-corrected chi connectivity index (χ0v) is 15.4. The second-order valence-electron chi connectivity index (χ2n) is 5.99. The Balaban J connectivity index is 1.75. The highest BCUT2D eigenvalue weighted by Gasteiger charge is 2.21. The van der Waals surface area contributed by atoms with E-state index in [0.717, 1.165) is 0 Å². The van der Waals surface area contributed by atoms with E-state index in [1.807, 2.05) is 35.2 Å². The molecule has 0 unspecified atom stereocenters. The van der Waals surface area contributed by atoms with E-state index < -0.39 is 0 Å². The van der Waals surface area contributed by atoms with E-state index in [9.17, 15) is 9.59 Å². The van der Waals surface area contributed by atoms with Crippen molar-refractivity contribution >= 4 is 28.8 Å². The van der Waals surface area contributed by atoms with Gasteiger partial charge in [-0.2, -0.15) is 0 Å². The minimum Gasteiger partial charge on any atom is -0.348 e. The van der Waals surface area contributed by atoms with Gasteiger partial charge >= 0.3 is 0 Å². The zero-order valence-electron chi connectivity index (χ0n) is 14.6. The number of amides is 2. The van der Waals surface area contributed by atoms with Crippen LogP contribution in [-0.4, -0.2) is 34.5 Å². The van der Waals surface area contributed by atoms with Crippen molar-refractivity contribution < 1.29 is 9.59 Å². The van der Waals surface area contributed by atoms with Crippen LogP contribution < -0.4 is 10.2 Å². The Morgan fingerprint density at radius 3 is 2.77 bits per heavy atom. The Labute approximate surface area is 156 Å². The first-order valence-electron chi connectivity index (χ1n) is 8.23. The second kappa shape index (κ2) is 7.97. The van der Waals surface area contributed by atoms with Crippen LogP contribution in [-0.2, 0) is 6.54 Å². The number of carbonyl (C=O) groups is 2. The lowest BCUT2D eigenvalue weighted by Gasteiger charge is -2.21. The first kappa shape index (κ1) is 17.9. The molecule has 0 fully saturated rings. The predicted octanol–water partition coefficient (Wildman–Crippen LogP) is 3.04. The fourth-order valence-electron chi connectivity index (χ4n) is 2.69. The van der Waals surface area contributed by atoms with E-state index >= 15 is 0 Å². The summed E-state index contributed by atoms with van der Waals surface area (Å²) in [6.07, 6.45) is 5.27. The first-order valence-corrected chi connectivity index (χ1v) is 9.11. The van der Waals surface area contributed by atoms with Crippen molar-refractivity contribution in [1.29, 1.82) is 0 Å². The Bertz CT molecular complexity index is 875. The highest BCUT2D eigenvalue weighted by Crippen LogP contribution is 2.22. The molecule has 7 heteroatoms. The molecule has 0 spiro atoms. The summed E-state index contributed by atoms with van der Waals surface area (Å²) >= 11 is 1.38. The van der Waals surface area contributed by atoms with Crippen LogP contribution in [0.25, 0.3) is 0 Å². The van der Waals surface area contributed by atoms with Crippen molar-refractivity contribution in [2.24, 2.45) is 0 Å². The number of para-hydroxylation sites is 1. The maximum absolute atomic E-state index is 12.7. The lowest BCUT2D eigenvalue weighted by atomic mass is 10.1. The summed E-state index contributed by atoms with van der Waals surface area (Å²) in [5.41, 5.74) is 1.05. The monoisotopic (exact) mass is 368 g/mol. The van der Waals surface area contributed by atoms with Gasteiger partial charge in [-0.25, -0.2) is 4.98 Å². The highest BCUT2D eigenvalue weighted by molar-refractivity contribution is 7.12. The number of aromatic nitrogens is 2. The summed E-state index contributed by atoms with van der Waals surface area (Å²) in [6, 6.07) is 10.7. The lowest BCUT2D eigenvalue weighted by Crippen LogP contribution is -2.37. The number of hydrogen-bond donors (Lipinski definition) is 1. The normalized spacial score (nSPS) is 11.8. The molecule has 2 aromatic heterocycles. The van der Waals surface area contributed by atoms with E-state index in [1.54, 1.807) is 43.8 Å². The van der Waals surface area contributed by atoms with Gasteiger partial charge in [-0.15, -0.1) is 11.3 Å². The first-order chi connectivity index (χ1) is 12.6. The summed E-state index contributed by atoms with van der Waals surface area (Å²) < 4.78 is 1.91. The fraction of sp³-hybridized carbons (Fsp3) is 0.211. The molecule has 0 bridgehead atoms. The molecule has 0 aliphatic rings. The van der Waals surface area contributed by atoms with Gasteiger partial charge < -0.3 is 14.8 Å². The van der Waals surface area contributed by atoms with E-state index in [4.69, 9.17) is 0 Å². The molecular formula is C19H20N4O2S. The summed E-state index contributed by atoms with van der Waals surface area (Å²) in [5.74, 6) is -0.342. The van der Waals surface area contributed by atoms with Crippen LogP contribution in [0.3, 0.4) is 0 Å². The van der Waals surface area contributed by atoms with Crippen molar-refractivity contribution in [3.8, 4) is 0 Å². The molecule has 26 heavy (non-hydrogen) atoms. The number of benzene rings is 1. The van der Waals surface area contributed by atoms with Crippen LogP contribution in [0, 0.1) is 0 Å². The quantitative estimate of drug-likeness (QED) is 0.727. The molecule has 134 valence electrons. The van der Waals surface area contributed by atoms with Crippen molar-refractivity contribution in [1.82, 2.24) is 14.9 Å². The minimum atomic E-state index is -0.209. The summed E-state index contributed by atoms with van der Waals surface area (Å²) in [5, 5.41) is 4.84. The number of imidazole rings is 1. The third kappa shape index (κ3) is 4.00. The van der Waals surface area contributed by atoms with Crippen molar-refractivity contribution in [2.75, 3.05) is 11.9 Å². The lowest BCUT2D eigenvalue weighted by molar-refractivity contribution is 0.0937. The van der Waals surface area contributed by atoms with Crippen LogP contribution >= 0.6 is 11.3 Å². The topological polar surface area (TPSA) is 67.2 Å². The Kier molecular flexibility index (Phi) is 5.48. The predicted molar refractivity (Wildman–Crippen MR) is 103 cm³/mol. The average Bonchev–Trinajstić information content (AvgIpc) is 3.34. The standard InChI is InChI=1S/C19H20N4O2S/c1-14(12-23-10-9-20-13-23)21-18(24)15-6-3-4-7-16(15)22(2)19(25)17-8-5-11-26-17/h3-11,13-14H,12H2,1-2H3,(H,21,24)/t14-/m0/s1. The van der Waals surface area contributed by atoms with Gasteiger partial charge in [0.1, 0.15) is 0 Å². The fourth-order valence-corrected chi connectivity index (χ4v) is 3.39. The highest BCUT2D eigenvalue weighted by atomic mass is 32.1. The van der Waals surface area contributed by atoms with Gasteiger partial charge in [-0.1, -0.05) is 18.2 Å². The smallest absolute Gasteiger partial charge is 0.268 e. The Morgan fingerprint density at radius 1 is 1.27 bits per heavy atom. The number of thiophene rings is 1. The molecular weight excluding hydrogens is 348 g/mol. The van der Waals surface area contributed by atoms with Gasteiger partial charge in [-0.3, -0.25) is 9.59 Å². The van der Waals surface area contributed by atoms with E-state index in [0.29, 0.717) is 22.7 Å². The second-order valence-corrected chi connectivity index (χ2v) is 6.94. The summed E-state index contributed by atoms with van der Waals surface area (Å²) in [6.45, 7) is 2.55. The van der Waals surface area contributed by atoms with Crippen LogP contribution in [0.1, 0.15) is 27.0 Å². The number of hydrogen-bond acceptors (Lipinski definition) is 4. The Hall–Kier alpha value is -2.93. The number of nitrogens with zero attached hydrogens (tertiary/aromatic N) is 3. The van der Waals surface area contributed by atoms with Crippen molar-refractivity contribution in [3.63, 3.8) is 0 Å². The SMILES string of the molecule is C[C@@H](Cn1ccnc1)NC(=O)c1ccccc1N(C)C(=O)c1cccs1. The molecule has 0 radical (unpaired) electrons. The van der Waals surface area contributed by atoms with E-state index in [1.165, 1.54) is 16.2 Å². The van der Waals surface area contributed by atoms with Crippen LogP contribution in [0.4, 0.5) is 5.69 Å². The van der Waals surface area contributed by atoms with Crippen LogP contribution in [0.2, 0.25) is 0 Å². The number of rotatable bonds is 6. The molecule has 2 heterocycles. The molecule has 3 rings (SSSR count). The summed E-state index contributed by atoms with van der Waals surface area (Å²) in [7, 11) is 1.68. The third-order valence-corrected chi connectivity index (χ3v) is 4.83. The molecule has 0 saturated carbocycles. The van der Waals surface area contributed by atoms with E-state index in [2.05, 4.69) is 10.3 Å². The van der Waals surface area contributed by atoms with Gasteiger partial charge in [0.25, 0.3) is 11.8 Å². The molecule has 0 aliphatic heterocycles. The maximum atomic E-state index is 12.7. The van der Waals surface area contributed by atoms with Gasteiger partial charge in [0.2, 0.25) is 0 Å². The molecule has 6 nitrogen and oxygen atoms in total. The van der Waals surface area contributed by atoms with Crippen molar-refractivity contribution in [2.45, 2.75) is 19.5 Å². The number of carbonyl (C=O) groups excluding carboxylic acids is 2. The number of anilines is 1. The molecule has 0 aliphatic carbocycles. The molecule has 1 N–H and O–H groups in total. The average molecular weight is 368 g/mol. The molecule has 1 aromatic carbocycles. The van der Waals surface area contributed by atoms with Crippen LogP contribution in [0.5, 0.6) is 0 Å². The molecule has 1 atom stereocenters. The zero-order chi connectivity index (χ0) is 18.5. The van der Waals surface area contributed by atoms with Crippen LogP contribution in [0.15, 0.2) is 60.5 Å². The number of nitrogens with one attached hydrogen (secondary N) is 1. The van der Waals surface area contributed by atoms with Gasteiger partial charge in [-0.05, 0) is 30.5 Å².